The van der Waals surface area contributed by atoms with Gasteiger partial charge in [0.1, 0.15) is 0 Å². The van der Waals surface area contributed by atoms with E-state index >= 15 is 0 Å². The number of nitrogens with one attached hydrogen (secondary N) is 1. The molecule has 1 atom stereocenters. The van der Waals surface area contributed by atoms with Crippen molar-refractivity contribution in [3.05, 3.63) is 0 Å². The number of carbonyl (C=O) groups excluding carboxylic acids is 1. The normalized spacial score (nSPS) is 26.0. The minimum atomic E-state index is -0.220. The highest BCUT2D eigenvalue weighted by Gasteiger charge is 2.41. The minimum Gasteiger partial charge on any atom is -0.342 e. The lowest BCUT2D eigenvalue weighted by Gasteiger charge is -2.43. The Hall–Kier alpha value is -0.570. The van der Waals surface area contributed by atoms with E-state index in [1.54, 1.807) is 0 Å². The van der Waals surface area contributed by atoms with E-state index in [1.165, 1.54) is 12.8 Å². The number of rotatable bonds is 2. The van der Waals surface area contributed by atoms with Crippen molar-refractivity contribution >= 4 is 5.91 Å². The minimum absolute atomic E-state index is 0.220. The first kappa shape index (κ1) is 16.8. The summed E-state index contributed by atoms with van der Waals surface area (Å²) in [5, 5.41) is 3.45. The predicted octanol–water partition coefficient (Wildman–Crippen LogP) is 3.30. The average Bonchev–Trinajstić information content (AvgIpc) is 2.46. The van der Waals surface area contributed by atoms with Crippen molar-refractivity contribution in [1.82, 2.24) is 10.2 Å². The van der Waals surface area contributed by atoms with Crippen molar-refractivity contribution in [3.8, 4) is 0 Å². The van der Waals surface area contributed by atoms with Gasteiger partial charge in [0.15, 0.2) is 0 Å². The fourth-order valence-corrected chi connectivity index (χ4v) is 4.00. The molecule has 3 heteroatoms. The average molecular weight is 294 g/mol. The molecule has 0 aliphatic carbocycles. The molecule has 0 bridgehead atoms. The Bertz CT molecular complexity index is 356. The molecule has 0 radical (unpaired) electrons. The second-order valence-corrected chi connectivity index (χ2v) is 8.70. The fraction of sp³-hybridized carbons (Fsp3) is 0.944. The van der Waals surface area contributed by atoms with Crippen LogP contribution in [0, 0.1) is 22.7 Å². The van der Waals surface area contributed by atoms with Crippen LogP contribution in [0.1, 0.15) is 60.3 Å². The Labute approximate surface area is 130 Å². The number of amides is 1. The molecule has 1 unspecified atom stereocenters. The maximum absolute atomic E-state index is 13.0. The van der Waals surface area contributed by atoms with Crippen LogP contribution in [0.5, 0.6) is 0 Å². The van der Waals surface area contributed by atoms with Gasteiger partial charge in [-0.2, -0.15) is 0 Å². The lowest BCUT2D eigenvalue weighted by Crippen LogP contribution is -2.51. The molecule has 122 valence electrons. The van der Waals surface area contributed by atoms with Crippen LogP contribution in [0.4, 0.5) is 0 Å². The number of piperidine rings is 2. The van der Waals surface area contributed by atoms with Gasteiger partial charge in [0.25, 0.3) is 0 Å². The van der Waals surface area contributed by atoms with E-state index in [2.05, 4.69) is 44.8 Å². The summed E-state index contributed by atoms with van der Waals surface area (Å²) >= 11 is 0. The predicted molar refractivity (Wildman–Crippen MR) is 88.1 cm³/mol. The molecule has 2 aliphatic heterocycles. The monoisotopic (exact) mass is 294 g/mol. The first-order valence-corrected chi connectivity index (χ1v) is 8.73. The Kier molecular flexibility index (Phi) is 5.02. The third-order valence-electron chi connectivity index (χ3n) is 5.88. The zero-order valence-electron chi connectivity index (χ0n) is 14.7. The van der Waals surface area contributed by atoms with Gasteiger partial charge >= 0.3 is 0 Å². The molecule has 2 fully saturated rings. The van der Waals surface area contributed by atoms with Crippen molar-refractivity contribution < 1.29 is 4.79 Å². The van der Waals surface area contributed by atoms with E-state index in [4.69, 9.17) is 0 Å². The topological polar surface area (TPSA) is 32.3 Å². The van der Waals surface area contributed by atoms with E-state index in [9.17, 15) is 4.79 Å². The van der Waals surface area contributed by atoms with E-state index in [0.717, 1.165) is 44.9 Å². The van der Waals surface area contributed by atoms with E-state index < -0.39 is 0 Å². The largest absolute Gasteiger partial charge is 0.342 e. The Balaban J connectivity index is 1.94. The molecule has 0 spiro atoms. The van der Waals surface area contributed by atoms with Gasteiger partial charge in [0.2, 0.25) is 5.91 Å². The van der Waals surface area contributed by atoms with Crippen LogP contribution in [0.15, 0.2) is 0 Å². The number of hydrogen-bond acceptors (Lipinski definition) is 2. The maximum atomic E-state index is 13.0. The first-order chi connectivity index (χ1) is 9.73. The van der Waals surface area contributed by atoms with Gasteiger partial charge in [-0.3, -0.25) is 4.79 Å². The summed E-state index contributed by atoms with van der Waals surface area (Å²) in [7, 11) is 0. The van der Waals surface area contributed by atoms with Gasteiger partial charge in [-0.1, -0.05) is 34.6 Å². The molecule has 1 N–H and O–H groups in total. The van der Waals surface area contributed by atoms with Crippen molar-refractivity contribution in [2.45, 2.75) is 60.3 Å². The lowest BCUT2D eigenvalue weighted by molar-refractivity contribution is -0.145. The number of nitrogens with zero attached hydrogens (tertiary/aromatic N) is 1. The summed E-state index contributed by atoms with van der Waals surface area (Å²) in [5.41, 5.74) is 0.153. The third kappa shape index (κ3) is 3.80. The molecule has 0 aromatic carbocycles. The molecule has 0 aromatic heterocycles. The lowest BCUT2D eigenvalue weighted by atomic mass is 9.72. The molecule has 0 saturated carbocycles. The summed E-state index contributed by atoms with van der Waals surface area (Å²) in [5.74, 6) is 1.61. The molecule has 21 heavy (non-hydrogen) atoms. The second-order valence-electron chi connectivity index (χ2n) is 8.70. The molecule has 0 aromatic rings. The molecule has 2 saturated heterocycles. The Morgan fingerprint density at radius 1 is 1.00 bits per heavy atom. The van der Waals surface area contributed by atoms with Crippen LogP contribution in [0.2, 0.25) is 0 Å². The maximum Gasteiger partial charge on any atom is 0.228 e. The molecule has 2 heterocycles. The van der Waals surface area contributed by atoms with E-state index in [1.807, 2.05) is 0 Å². The van der Waals surface area contributed by atoms with E-state index in [0.29, 0.717) is 17.2 Å². The number of hydrogen-bond donors (Lipinski definition) is 1. The molecule has 2 rings (SSSR count). The second kappa shape index (κ2) is 6.28. The molecule has 1 amide bonds. The third-order valence-corrected chi connectivity index (χ3v) is 5.88. The van der Waals surface area contributed by atoms with Crippen molar-refractivity contribution in [1.29, 1.82) is 0 Å². The van der Waals surface area contributed by atoms with Gasteiger partial charge in [0, 0.05) is 18.5 Å². The molecular weight excluding hydrogens is 260 g/mol. The quantitative estimate of drug-likeness (QED) is 0.847. The number of likely N-dealkylation sites (tertiary alicyclic amines) is 1. The van der Waals surface area contributed by atoms with Crippen LogP contribution in [0.25, 0.3) is 0 Å². The summed E-state index contributed by atoms with van der Waals surface area (Å²) in [6.07, 6.45) is 4.71. The Morgan fingerprint density at radius 2 is 1.62 bits per heavy atom. The SMILES string of the molecule is CC(C)(C)C1CCN(C(=O)C(C)(C)C2CCCNC2)CC1. The van der Waals surface area contributed by atoms with Crippen LogP contribution >= 0.6 is 0 Å². The van der Waals surface area contributed by atoms with Crippen LogP contribution in [0.3, 0.4) is 0 Å². The highest BCUT2D eigenvalue weighted by atomic mass is 16.2. The molecule has 3 nitrogen and oxygen atoms in total. The molecular formula is C18H34N2O. The van der Waals surface area contributed by atoms with Crippen LogP contribution in [-0.2, 0) is 4.79 Å². The molecule has 2 aliphatic rings. The fourth-order valence-electron chi connectivity index (χ4n) is 4.00. The standard InChI is InChI=1S/C18H34N2O/c1-17(2,3)14-8-11-20(12-9-14)16(21)18(4,5)15-7-6-10-19-13-15/h14-15,19H,6-13H2,1-5H3. The highest BCUT2D eigenvalue weighted by Crippen LogP contribution is 2.38. The van der Waals surface area contributed by atoms with Crippen molar-refractivity contribution in [2.75, 3.05) is 26.2 Å². The van der Waals surface area contributed by atoms with Gasteiger partial charge in [-0.15, -0.1) is 0 Å². The van der Waals surface area contributed by atoms with Gasteiger partial charge in [0.05, 0.1) is 0 Å². The zero-order valence-corrected chi connectivity index (χ0v) is 14.7. The van der Waals surface area contributed by atoms with Gasteiger partial charge < -0.3 is 10.2 Å². The Morgan fingerprint density at radius 3 is 2.10 bits per heavy atom. The smallest absolute Gasteiger partial charge is 0.228 e. The van der Waals surface area contributed by atoms with Crippen molar-refractivity contribution in [3.63, 3.8) is 0 Å². The van der Waals surface area contributed by atoms with Gasteiger partial charge in [-0.05, 0) is 56.0 Å². The summed E-state index contributed by atoms with van der Waals surface area (Å²) < 4.78 is 0. The summed E-state index contributed by atoms with van der Waals surface area (Å²) in [4.78, 5) is 15.1. The van der Waals surface area contributed by atoms with Crippen LogP contribution in [-0.4, -0.2) is 37.0 Å². The van der Waals surface area contributed by atoms with E-state index in [-0.39, 0.29) is 5.41 Å². The zero-order chi connectivity index (χ0) is 15.7. The highest BCUT2D eigenvalue weighted by molar-refractivity contribution is 5.82. The van der Waals surface area contributed by atoms with Gasteiger partial charge in [-0.25, -0.2) is 0 Å². The first-order valence-electron chi connectivity index (χ1n) is 8.73. The van der Waals surface area contributed by atoms with Crippen molar-refractivity contribution in [2.24, 2.45) is 22.7 Å². The summed E-state index contributed by atoms with van der Waals surface area (Å²) in [6, 6.07) is 0. The van der Waals surface area contributed by atoms with Crippen LogP contribution < -0.4 is 5.32 Å². The summed E-state index contributed by atoms with van der Waals surface area (Å²) in [6.45, 7) is 15.3. The number of carbonyl (C=O) groups is 1.